The second-order valence-electron chi connectivity index (χ2n) is 4.58. The predicted octanol–water partition coefficient (Wildman–Crippen LogP) is 3.32. The number of anilines is 1. The first-order chi connectivity index (χ1) is 9.17. The molecule has 19 heavy (non-hydrogen) atoms. The van der Waals surface area contributed by atoms with Gasteiger partial charge in [0, 0.05) is 31.6 Å². The van der Waals surface area contributed by atoms with Crippen LogP contribution in [0.2, 0.25) is 0 Å². The minimum absolute atomic E-state index is 0.767. The largest absolute Gasteiger partial charge is 0.385 e. The van der Waals surface area contributed by atoms with E-state index in [4.69, 9.17) is 4.74 Å². The highest BCUT2D eigenvalue weighted by Crippen LogP contribution is 2.33. The first kappa shape index (κ1) is 14.2. The van der Waals surface area contributed by atoms with Crippen LogP contribution in [-0.2, 0) is 11.2 Å². The first-order valence-corrected chi connectivity index (χ1v) is 7.48. The fraction of sp³-hybridized carbons (Fsp3) is 0.571. The summed E-state index contributed by atoms with van der Waals surface area (Å²) in [7, 11) is 1.73. The maximum absolute atomic E-state index is 5.07. The van der Waals surface area contributed by atoms with Gasteiger partial charge < -0.3 is 10.1 Å². The van der Waals surface area contributed by atoms with Crippen molar-refractivity contribution in [2.75, 3.05) is 25.6 Å². The van der Waals surface area contributed by atoms with Crippen LogP contribution >= 0.6 is 11.3 Å². The van der Waals surface area contributed by atoms with E-state index in [1.165, 1.54) is 15.8 Å². The summed E-state index contributed by atoms with van der Waals surface area (Å²) < 4.78 is 5.07. The Bertz CT molecular complexity index is 565. The summed E-state index contributed by atoms with van der Waals surface area (Å²) in [4.78, 5) is 11.7. The number of fused-ring (bicyclic) bond motifs is 1. The monoisotopic (exact) mass is 279 g/mol. The Kier molecular flexibility index (Phi) is 4.71. The van der Waals surface area contributed by atoms with E-state index in [1.807, 2.05) is 0 Å². The number of hydrogen-bond donors (Lipinski definition) is 1. The molecule has 0 fully saturated rings. The van der Waals surface area contributed by atoms with Crippen molar-refractivity contribution < 1.29 is 4.74 Å². The SMILES string of the molecule is CCc1nc(NCCCOC)c2c(C)c(C)sc2n1. The molecule has 0 aliphatic heterocycles. The average molecular weight is 279 g/mol. The number of rotatable bonds is 6. The van der Waals surface area contributed by atoms with E-state index in [-0.39, 0.29) is 0 Å². The molecule has 0 aromatic carbocycles. The van der Waals surface area contributed by atoms with Crippen molar-refractivity contribution in [1.82, 2.24) is 9.97 Å². The molecule has 0 unspecified atom stereocenters. The highest BCUT2D eigenvalue weighted by molar-refractivity contribution is 7.18. The molecule has 2 heterocycles. The molecule has 1 N–H and O–H groups in total. The molecule has 2 aromatic rings. The third kappa shape index (κ3) is 3.04. The van der Waals surface area contributed by atoms with Gasteiger partial charge in [-0.2, -0.15) is 0 Å². The lowest BCUT2D eigenvalue weighted by molar-refractivity contribution is 0.198. The third-order valence-corrected chi connectivity index (χ3v) is 4.31. The molecule has 0 aliphatic carbocycles. The molecule has 0 saturated carbocycles. The lowest BCUT2D eigenvalue weighted by Gasteiger charge is -2.09. The lowest BCUT2D eigenvalue weighted by Crippen LogP contribution is -2.08. The van der Waals surface area contributed by atoms with Crippen LogP contribution < -0.4 is 5.32 Å². The van der Waals surface area contributed by atoms with Crippen LogP contribution in [0, 0.1) is 13.8 Å². The molecule has 0 radical (unpaired) electrons. The molecule has 0 aliphatic rings. The van der Waals surface area contributed by atoms with Crippen LogP contribution in [-0.4, -0.2) is 30.2 Å². The predicted molar refractivity (Wildman–Crippen MR) is 81.2 cm³/mol. The number of nitrogens with zero attached hydrogens (tertiary/aromatic N) is 2. The standard InChI is InChI=1S/C14H21N3OS/c1-5-11-16-13(15-7-6-8-18-4)12-9(2)10(3)19-14(12)17-11/h5-8H2,1-4H3,(H,15,16,17). The Hall–Kier alpha value is -1.20. The van der Waals surface area contributed by atoms with E-state index < -0.39 is 0 Å². The maximum Gasteiger partial charge on any atom is 0.138 e. The zero-order chi connectivity index (χ0) is 13.8. The van der Waals surface area contributed by atoms with Crippen molar-refractivity contribution in [3.8, 4) is 0 Å². The molecule has 104 valence electrons. The fourth-order valence-electron chi connectivity index (χ4n) is 2.00. The molecule has 0 saturated heterocycles. The van der Waals surface area contributed by atoms with Gasteiger partial charge in [-0.15, -0.1) is 11.3 Å². The second-order valence-corrected chi connectivity index (χ2v) is 5.78. The highest BCUT2D eigenvalue weighted by atomic mass is 32.1. The van der Waals surface area contributed by atoms with Gasteiger partial charge >= 0.3 is 0 Å². The van der Waals surface area contributed by atoms with Gasteiger partial charge in [-0.05, 0) is 25.8 Å². The minimum atomic E-state index is 0.767. The molecular formula is C14H21N3OS. The molecule has 0 spiro atoms. The normalized spacial score (nSPS) is 11.2. The zero-order valence-electron chi connectivity index (χ0n) is 12.0. The first-order valence-electron chi connectivity index (χ1n) is 6.66. The lowest BCUT2D eigenvalue weighted by atomic mass is 10.2. The van der Waals surface area contributed by atoms with Crippen molar-refractivity contribution in [3.63, 3.8) is 0 Å². The van der Waals surface area contributed by atoms with Gasteiger partial charge in [0.15, 0.2) is 0 Å². The van der Waals surface area contributed by atoms with E-state index in [9.17, 15) is 0 Å². The van der Waals surface area contributed by atoms with E-state index in [2.05, 4.69) is 36.1 Å². The Balaban J connectivity index is 2.33. The molecule has 2 rings (SSSR count). The molecule has 4 nitrogen and oxygen atoms in total. The summed E-state index contributed by atoms with van der Waals surface area (Å²) in [5.74, 6) is 1.88. The van der Waals surface area contributed by atoms with Crippen LogP contribution in [0.15, 0.2) is 0 Å². The number of methoxy groups -OCH3 is 1. The third-order valence-electron chi connectivity index (χ3n) is 3.21. The number of ether oxygens (including phenoxy) is 1. The average Bonchev–Trinajstić information content (AvgIpc) is 2.70. The van der Waals surface area contributed by atoms with Crippen LogP contribution in [0.1, 0.15) is 29.6 Å². The molecule has 2 aromatic heterocycles. The van der Waals surface area contributed by atoms with Crippen molar-refractivity contribution in [2.45, 2.75) is 33.6 Å². The summed E-state index contributed by atoms with van der Waals surface area (Å²) in [6.07, 6.45) is 1.84. The molecule has 0 atom stereocenters. The Morgan fingerprint density at radius 1 is 1.26 bits per heavy atom. The van der Waals surface area contributed by atoms with Crippen molar-refractivity contribution in [1.29, 1.82) is 0 Å². The van der Waals surface area contributed by atoms with E-state index in [1.54, 1.807) is 18.4 Å². The summed E-state index contributed by atoms with van der Waals surface area (Å²) in [6.45, 7) is 8.01. The smallest absolute Gasteiger partial charge is 0.138 e. The van der Waals surface area contributed by atoms with Crippen LogP contribution in [0.5, 0.6) is 0 Å². The van der Waals surface area contributed by atoms with E-state index in [0.29, 0.717) is 0 Å². The molecular weight excluding hydrogens is 258 g/mol. The summed E-state index contributed by atoms with van der Waals surface area (Å²) in [6, 6.07) is 0. The number of thiophene rings is 1. The minimum Gasteiger partial charge on any atom is -0.385 e. The van der Waals surface area contributed by atoms with Gasteiger partial charge in [-0.1, -0.05) is 6.92 Å². The quantitative estimate of drug-likeness (QED) is 0.824. The van der Waals surface area contributed by atoms with Crippen LogP contribution in [0.25, 0.3) is 10.2 Å². The highest BCUT2D eigenvalue weighted by Gasteiger charge is 2.13. The van der Waals surface area contributed by atoms with Gasteiger partial charge in [0.25, 0.3) is 0 Å². The van der Waals surface area contributed by atoms with Gasteiger partial charge in [-0.3, -0.25) is 0 Å². The van der Waals surface area contributed by atoms with Crippen molar-refractivity contribution in [3.05, 3.63) is 16.3 Å². The topological polar surface area (TPSA) is 47.0 Å². The number of aryl methyl sites for hydroxylation is 3. The molecule has 0 bridgehead atoms. The van der Waals surface area contributed by atoms with Gasteiger partial charge in [0.1, 0.15) is 16.5 Å². The van der Waals surface area contributed by atoms with Crippen LogP contribution in [0.4, 0.5) is 5.82 Å². The van der Waals surface area contributed by atoms with Crippen molar-refractivity contribution in [2.24, 2.45) is 0 Å². The van der Waals surface area contributed by atoms with Gasteiger partial charge in [0.05, 0.1) is 5.39 Å². The Morgan fingerprint density at radius 2 is 2.05 bits per heavy atom. The molecule has 0 amide bonds. The molecule has 5 heteroatoms. The van der Waals surface area contributed by atoms with Gasteiger partial charge in [0.2, 0.25) is 0 Å². The summed E-state index contributed by atoms with van der Waals surface area (Å²) >= 11 is 1.75. The number of hydrogen-bond acceptors (Lipinski definition) is 5. The zero-order valence-corrected chi connectivity index (χ0v) is 12.9. The number of nitrogens with one attached hydrogen (secondary N) is 1. The maximum atomic E-state index is 5.07. The van der Waals surface area contributed by atoms with Gasteiger partial charge in [-0.25, -0.2) is 9.97 Å². The van der Waals surface area contributed by atoms with E-state index >= 15 is 0 Å². The fourth-order valence-corrected chi connectivity index (χ4v) is 3.05. The van der Waals surface area contributed by atoms with Crippen LogP contribution in [0.3, 0.4) is 0 Å². The second kappa shape index (κ2) is 6.30. The summed E-state index contributed by atoms with van der Waals surface area (Å²) in [5, 5.41) is 4.60. The Labute approximate surface area is 118 Å². The Morgan fingerprint density at radius 3 is 2.74 bits per heavy atom. The number of aromatic nitrogens is 2. The van der Waals surface area contributed by atoms with Crippen molar-refractivity contribution >= 4 is 27.4 Å². The van der Waals surface area contributed by atoms with E-state index in [0.717, 1.165) is 42.5 Å². The summed E-state index contributed by atoms with van der Waals surface area (Å²) in [5.41, 5.74) is 1.29.